The van der Waals surface area contributed by atoms with Crippen molar-refractivity contribution in [1.29, 1.82) is 0 Å². The quantitative estimate of drug-likeness (QED) is 0.781. The maximum absolute atomic E-state index is 9.84. The van der Waals surface area contributed by atoms with Crippen molar-refractivity contribution in [3.63, 3.8) is 0 Å². The van der Waals surface area contributed by atoms with Gasteiger partial charge in [-0.3, -0.25) is 0 Å². The number of aliphatic hydroxyl groups excluding tert-OH is 1. The van der Waals surface area contributed by atoms with Gasteiger partial charge in [-0.2, -0.15) is 0 Å². The minimum Gasteiger partial charge on any atom is -0.504 e. The molecule has 2 unspecified atom stereocenters. The number of hydrogen-bond acceptors (Lipinski definition) is 4. The molecule has 0 radical (unpaired) electrons. The number of aromatic hydroxyl groups is 1. The highest BCUT2D eigenvalue weighted by Gasteiger charge is 2.32. The average Bonchev–Trinajstić information content (AvgIpc) is 2.70. The van der Waals surface area contributed by atoms with Crippen molar-refractivity contribution in [2.75, 3.05) is 6.54 Å². The second-order valence-corrected chi connectivity index (χ2v) is 6.13. The van der Waals surface area contributed by atoms with Gasteiger partial charge in [0.05, 0.1) is 12.2 Å². The molecule has 0 saturated heterocycles. The van der Waals surface area contributed by atoms with Crippen LogP contribution in [-0.2, 0) is 0 Å². The fourth-order valence-electron chi connectivity index (χ4n) is 2.62. The highest BCUT2D eigenvalue weighted by atomic mass is 16.5. The van der Waals surface area contributed by atoms with Gasteiger partial charge >= 0.3 is 0 Å². The zero-order valence-electron chi connectivity index (χ0n) is 11.6. The highest BCUT2D eigenvalue weighted by molar-refractivity contribution is 5.42. The molecule has 0 spiro atoms. The number of phenols is 1. The van der Waals surface area contributed by atoms with E-state index in [0.717, 1.165) is 19.3 Å². The lowest BCUT2D eigenvalue weighted by Gasteiger charge is -2.19. The lowest BCUT2D eigenvalue weighted by molar-refractivity contribution is 0.177. The topological polar surface area (TPSA) is 75.7 Å². The van der Waals surface area contributed by atoms with Crippen molar-refractivity contribution in [2.24, 2.45) is 11.1 Å². The molecule has 0 amide bonds. The molecule has 19 heavy (non-hydrogen) atoms. The van der Waals surface area contributed by atoms with E-state index < -0.39 is 6.10 Å². The normalized spacial score (nSPS) is 23.3. The number of nitrogens with two attached hydrogens (primary N) is 1. The molecule has 4 nitrogen and oxygen atoms in total. The summed E-state index contributed by atoms with van der Waals surface area (Å²) in [6, 6.07) is 4.89. The van der Waals surface area contributed by atoms with Crippen LogP contribution in [0.25, 0.3) is 0 Å². The summed E-state index contributed by atoms with van der Waals surface area (Å²) in [4.78, 5) is 0. The number of benzene rings is 1. The Kier molecular flexibility index (Phi) is 4.02. The molecule has 1 aliphatic rings. The molecule has 2 atom stereocenters. The Balaban J connectivity index is 2.11. The zero-order valence-corrected chi connectivity index (χ0v) is 11.6. The minimum atomic E-state index is -0.719. The molecule has 1 aromatic carbocycles. The van der Waals surface area contributed by atoms with Gasteiger partial charge in [-0.25, -0.2) is 0 Å². The molecule has 0 aliphatic heterocycles. The molecule has 2 rings (SSSR count). The smallest absolute Gasteiger partial charge is 0.161 e. The highest BCUT2D eigenvalue weighted by Crippen LogP contribution is 2.40. The summed E-state index contributed by atoms with van der Waals surface area (Å²) in [6.07, 6.45) is 2.52. The van der Waals surface area contributed by atoms with Gasteiger partial charge in [-0.15, -0.1) is 0 Å². The molecule has 1 saturated carbocycles. The van der Waals surface area contributed by atoms with Crippen LogP contribution >= 0.6 is 0 Å². The standard InChI is InChI=1S/C15H23NO3/c1-15(2)6-5-11(8-15)19-14-7-10(13(18)9-16)3-4-12(14)17/h3-4,7,11,13,17-18H,5-6,8-9,16H2,1-2H3. The van der Waals surface area contributed by atoms with Crippen molar-refractivity contribution >= 4 is 0 Å². The lowest BCUT2D eigenvalue weighted by atomic mass is 9.92. The third-order valence-electron chi connectivity index (χ3n) is 3.81. The molecule has 0 bridgehead atoms. The van der Waals surface area contributed by atoms with E-state index in [0.29, 0.717) is 16.7 Å². The lowest BCUT2D eigenvalue weighted by Crippen LogP contribution is -2.15. The van der Waals surface area contributed by atoms with Gasteiger partial charge in [-0.1, -0.05) is 19.9 Å². The molecule has 0 aromatic heterocycles. The van der Waals surface area contributed by atoms with Crippen LogP contribution in [0.1, 0.15) is 44.8 Å². The Morgan fingerprint density at radius 3 is 2.79 bits per heavy atom. The van der Waals surface area contributed by atoms with E-state index in [9.17, 15) is 10.2 Å². The van der Waals surface area contributed by atoms with Crippen molar-refractivity contribution < 1.29 is 14.9 Å². The number of phenolic OH excluding ortho intramolecular Hbond substituents is 1. The van der Waals surface area contributed by atoms with Crippen LogP contribution in [0.4, 0.5) is 0 Å². The van der Waals surface area contributed by atoms with Crippen molar-refractivity contribution in [3.8, 4) is 11.5 Å². The Hall–Kier alpha value is -1.26. The maximum atomic E-state index is 9.84. The number of ether oxygens (including phenoxy) is 1. The van der Waals surface area contributed by atoms with Crippen LogP contribution in [0.15, 0.2) is 18.2 Å². The minimum absolute atomic E-state index is 0.109. The predicted octanol–water partition coefficient (Wildman–Crippen LogP) is 2.34. The molecular formula is C15H23NO3. The molecule has 0 heterocycles. The second kappa shape index (κ2) is 5.39. The van der Waals surface area contributed by atoms with Crippen molar-refractivity contribution in [3.05, 3.63) is 23.8 Å². The maximum Gasteiger partial charge on any atom is 0.161 e. The van der Waals surface area contributed by atoms with E-state index in [1.54, 1.807) is 18.2 Å². The Morgan fingerprint density at radius 1 is 1.47 bits per heavy atom. The number of hydrogen-bond donors (Lipinski definition) is 3. The van der Waals surface area contributed by atoms with Gasteiger partial charge in [-0.05, 0) is 42.4 Å². The summed E-state index contributed by atoms with van der Waals surface area (Å²) in [5, 5.41) is 19.6. The van der Waals surface area contributed by atoms with Crippen LogP contribution in [0.5, 0.6) is 11.5 Å². The monoisotopic (exact) mass is 265 g/mol. The van der Waals surface area contributed by atoms with E-state index in [2.05, 4.69) is 13.8 Å². The Labute approximate surface area is 114 Å². The van der Waals surface area contributed by atoms with Gasteiger partial charge in [0.25, 0.3) is 0 Å². The van der Waals surface area contributed by atoms with Crippen molar-refractivity contribution in [1.82, 2.24) is 0 Å². The average molecular weight is 265 g/mol. The Morgan fingerprint density at radius 2 is 2.21 bits per heavy atom. The SMILES string of the molecule is CC1(C)CCC(Oc2cc(C(O)CN)ccc2O)C1. The third-order valence-corrected chi connectivity index (χ3v) is 3.81. The van der Waals surface area contributed by atoms with Gasteiger partial charge in [0, 0.05) is 6.54 Å². The van der Waals surface area contributed by atoms with Gasteiger partial charge in [0.1, 0.15) is 0 Å². The summed E-state index contributed by atoms with van der Waals surface area (Å²) in [5.74, 6) is 0.547. The van der Waals surface area contributed by atoms with Crippen LogP contribution in [-0.4, -0.2) is 22.9 Å². The summed E-state index contributed by atoms with van der Waals surface area (Å²) >= 11 is 0. The van der Waals surface area contributed by atoms with Gasteiger partial charge in [0.2, 0.25) is 0 Å². The van der Waals surface area contributed by atoms with Crippen LogP contribution in [0.2, 0.25) is 0 Å². The summed E-state index contributed by atoms with van der Waals surface area (Å²) in [7, 11) is 0. The Bertz CT molecular complexity index is 445. The fourth-order valence-corrected chi connectivity index (χ4v) is 2.62. The molecule has 1 aliphatic carbocycles. The first-order chi connectivity index (χ1) is 8.91. The van der Waals surface area contributed by atoms with Gasteiger partial charge in [0.15, 0.2) is 11.5 Å². The van der Waals surface area contributed by atoms with E-state index in [4.69, 9.17) is 10.5 Å². The first-order valence-corrected chi connectivity index (χ1v) is 6.79. The molecule has 1 aromatic rings. The van der Waals surface area contributed by atoms with Crippen LogP contribution < -0.4 is 10.5 Å². The molecule has 106 valence electrons. The predicted molar refractivity (Wildman–Crippen MR) is 74.2 cm³/mol. The van der Waals surface area contributed by atoms with Crippen LogP contribution in [0.3, 0.4) is 0 Å². The van der Waals surface area contributed by atoms with E-state index >= 15 is 0 Å². The first kappa shape index (κ1) is 14.2. The van der Waals surface area contributed by atoms with Crippen molar-refractivity contribution in [2.45, 2.75) is 45.3 Å². The van der Waals surface area contributed by atoms with E-state index in [1.165, 1.54) is 0 Å². The van der Waals surface area contributed by atoms with E-state index in [-0.39, 0.29) is 18.4 Å². The largest absolute Gasteiger partial charge is 0.504 e. The number of rotatable bonds is 4. The van der Waals surface area contributed by atoms with Gasteiger partial charge < -0.3 is 20.7 Å². The summed E-state index contributed by atoms with van der Waals surface area (Å²) in [5.41, 5.74) is 6.41. The fraction of sp³-hybridized carbons (Fsp3) is 0.600. The van der Waals surface area contributed by atoms with Crippen LogP contribution in [0, 0.1) is 5.41 Å². The molecule has 4 heteroatoms. The second-order valence-electron chi connectivity index (χ2n) is 6.13. The molecule has 1 fully saturated rings. The summed E-state index contributed by atoms with van der Waals surface area (Å²) < 4.78 is 5.88. The first-order valence-electron chi connectivity index (χ1n) is 6.79. The third kappa shape index (κ3) is 3.39. The van der Waals surface area contributed by atoms with E-state index in [1.807, 2.05) is 0 Å². The summed E-state index contributed by atoms with van der Waals surface area (Å²) in [6.45, 7) is 4.61. The number of aliphatic hydroxyl groups is 1. The molecule has 4 N–H and O–H groups in total. The zero-order chi connectivity index (χ0) is 14.0. The molecular weight excluding hydrogens is 242 g/mol.